The third kappa shape index (κ3) is 2.33. The number of hydrogen-bond acceptors (Lipinski definition) is 2. The van der Waals surface area contributed by atoms with Crippen molar-refractivity contribution in [2.24, 2.45) is 11.8 Å². The summed E-state index contributed by atoms with van der Waals surface area (Å²) in [5.41, 5.74) is 0. The maximum atomic E-state index is 12.2. The number of hydrogen-bond donors (Lipinski definition) is 2. The van der Waals surface area contributed by atoms with Crippen LogP contribution in [0.3, 0.4) is 0 Å². The van der Waals surface area contributed by atoms with E-state index in [2.05, 4.69) is 5.32 Å². The molecule has 1 saturated heterocycles. The summed E-state index contributed by atoms with van der Waals surface area (Å²) in [6, 6.07) is 0. The van der Waals surface area contributed by atoms with Crippen LogP contribution in [0.15, 0.2) is 0 Å². The Kier molecular flexibility index (Phi) is 2.80. The van der Waals surface area contributed by atoms with Gasteiger partial charge in [-0.25, -0.2) is 0 Å². The van der Waals surface area contributed by atoms with Gasteiger partial charge in [-0.1, -0.05) is 0 Å². The predicted octanol–water partition coefficient (Wildman–Crippen LogP) is 0.859. The molecule has 0 spiro atoms. The van der Waals surface area contributed by atoms with Gasteiger partial charge in [-0.2, -0.15) is 13.2 Å². The van der Waals surface area contributed by atoms with Gasteiger partial charge in [-0.3, -0.25) is 4.79 Å². The lowest BCUT2D eigenvalue weighted by molar-refractivity contribution is -0.199. The number of carboxylic acid groups (broad SMARTS) is 1. The first kappa shape index (κ1) is 10.3. The largest absolute Gasteiger partial charge is 0.481 e. The van der Waals surface area contributed by atoms with Gasteiger partial charge in [0.1, 0.15) is 0 Å². The minimum atomic E-state index is -4.42. The maximum Gasteiger partial charge on any atom is 0.393 e. The Balaban J connectivity index is 2.73. The molecule has 0 amide bonds. The lowest BCUT2D eigenvalue weighted by atomic mass is 9.86. The van der Waals surface area contributed by atoms with Gasteiger partial charge in [0.2, 0.25) is 0 Å². The fraction of sp³-hybridized carbons (Fsp3) is 0.857. The lowest BCUT2D eigenvalue weighted by Crippen LogP contribution is -2.47. The van der Waals surface area contributed by atoms with E-state index in [1.165, 1.54) is 0 Å². The number of rotatable bonds is 1. The Morgan fingerprint density at radius 3 is 2.46 bits per heavy atom. The van der Waals surface area contributed by atoms with Gasteiger partial charge in [-0.05, 0) is 13.0 Å². The van der Waals surface area contributed by atoms with E-state index in [9.17, 15) is 18.0 Å². The average Bonchev–Trinajstić information content (AvgIpc) is 2.03. The number of carbonyl (C=O) groups is 1. The summed E-state index contributed by atoms with van der Waals surface area (Å²) >= 11 is 0. The highest BCUT2D eigenvalue weighted by molar-refractivity contribution is 5.70. The van der Waals surface area contributed by atoms with Gasteiger partial charge in [-0.15, -0.1) is 0 Å². The number of alkyl halides is 3. The molecule has 0 aliphatic carbocycles. The number of piperidine rings is 1. The van der Waals surface area contributed by atoms with E-state index < -0.39 is 24.0 Å². The van der Waals surface area contributed by atoms with Crippen LogP contribution in [0.4, 0.5) is 13.2 Å². The molecule has 1 aliphatic rings. The zero-order chi connectivity index (χ0) is 10.1. The van der Waals surface area contributed by atoms with E-state index in [1.807, 2.05) is 0 Å². The van der Waals surface area contributed by atoms with Gasteiger partial charge in [0.15, 0.2) is 0 Å². The first-order chi connectivity index (χ1) is 5.93. The molecule has 0 bridgehead atoms. The van der Waals surface area contributed by atoms with Crippen LogP contribution in [-0.2, 0) is 4.79 Å². The van der Waals surface area contributed by atoms with Gasteiger partial charge in [0.05, 0.1) is 11.8 Å². The average molecular weight is 197 g/mol. The fourth-order valence-electron chi connectivity index (χ4n) is 1.50. The van der Waals surface area contributed by atoms with Crippen LogP contribution < -0.4 is 5.32 Å². The normalized spacial score (nSPS) is 30.1. The zero-order valence-electron chi connectivity index (χ0n) is 6.77. The van der Waals surface area contributed by atoms with Crippen molar-refractivity contribution < 1.29 is 23.1 Å². The van der Waals surface area contributed by atoms with E-state index in [0.717, 1.165) is 0 Å². The van der Waals surface area contributed by atoms with Crippen molar-refractivity contribution in [3.63, 3.8) is 0 Å². The summed E-state index contributed by atoms with van der Waals surface area (Å²) in [5.74, 6) is -4.40. The van der Waals surface area contributed by atoms with Crippen molar-refractivity contribution in [1.29, 1.82) is 0 Å². The van der Waals surface area contributed by atoms with Crippen molar-refractivity contribution in [2.75, 3.05) is 13.1 Å². The third-order valence-electron chi connectivity index (χ3n) is 2.22. The Morgan fingerprint density at radius 2 is 2.08 bits per heavy atom. The van der Waals surface area contributed by atoms with Crippen molar-refractivity contribution in [3.05, 3.63) is 0 Å². The predicted molar refractivity (Wildman–Crippen MR) is 38.2 cm³/mol. The van der Waals surface area contributed by atoms with Crippen LogP contribution in [-0.4, -0.2) is 30.3 Å². The van der Waals surface area contributed by atoms with Crippen molar-refractivity contribution in [2.45, 2.75) is 12.6 Å². The standard InChI is InChI=1S/C7H10F3NO2/c8-7(9,10)5-3-11-2-1-4(5)6(12)13/h4-5,11H,1-3H2,(H,12,13)/t4-,5+/m0/s1. The molecule has 1 rings (SSSR count). The molecule has 1 aliphatic heterocycles. The maximum absolute atomic E-state index is 12.2. The van der Waals surface area contributed by atoms with E-state index in [0.29, 0.717) is 6.54 Å². The molecule has 3 nitrogen and oxygen atoms in total. The van der Waals surface area contributed by atoms with Crippen molar-refractivity contribution in [3.8, 4) is 0 Å². The van der Waals surface area contributed by atoms with E-state index in [1.54, 1.807) is 0 Å². The Bertz CT molecular complexity index is 204. The molecule has 6 heteroatoms. The molecule has 0 unspecified atom stereocenters. The number of aliphatic carboxylic acids is 1. The quantitative estimate of drug-likeness (QED) is 0.655. The molecule has 1 fully saturated rings. The summed E-state index contributed by atoms with van der Waals surface area (Å²) in [5, 5.41) is 11.1. The molecule has 0 aromatic heterocycles. The third-order valence-corrected chi connectivity index (χ3v) is 2.22. The molecule has 0 saturated carbocycles. The molecular weight excluding hydrogens is 187 g/mol. The summed E-state index contributed by atoms with van der Waals surface area (Å²) in [6.07, 6.45) is -4.38. The monoisotopic (exact) mass is 197 g/mol. The number of nitrogens with one attached hydrogen (secondary N) is 1. The second-order valence-corrected chi connectivity index (χ2v) is 3.09. The molecule has 0 aromatic carbocycles. The summed E-state index contributed by atoms with van der Waals surface area (Å²) in [7, 11) is 0. The highest BCUT2D eigenvalue weighted by atomic mass is 19.4. The fourth-order valence-corrected chi connectivity index (χ4v) is 1.50. The van der Waals surface area contributed by atoms with Crippen molar-refractivity contribution >= 4 is 5.97 Å². The van der Waals surface area contributed by atoms with Gasteiger partial charge < -0.3 is 10.4 Å². The van der Waals surface area contributed by atoms with Gasteiger partial charge >= 0.3 is 12.1 Å². The van der Waals surface area contributed by atoms with E-state index in [-0.39, 0.29) is 13.0 Å². The Labute approximate surface area is 72.9 Å². The molecule has 0 aromatic rings. The van der Waals surface area contributed by atoms with E-state index >= 15 is 0 Å². The van der Waals surface area contributed by atoms with Crippen LogP contribution in [0.2, 0.25) is 0 Å². The van der Waals surface area contributed by atoms with Crippen LogP contribution in [0.1, 0.15) is 6.42 Å². The first-order valence-electron chi connectivity index (χ1n) is 3.93. The van der Waals surface area contributed by atoms with Gasteiger partial charge in [0.25, 0.3) is 0 Å². The Morgan fingerprint density at radius 1 is 1.46 bits per heavy atom. The van der Waals surface area contributed by atoms with Crippen molar-refractivity contribution in [1.82, 2.24) is 5.32 Å². The molecule has 2 atom stereocenters. The molecule has 13 heavy (non-hydrogen) atoms. The molecule has 1 heterocycles. The molecular formula is C7H10F3NO2. The summed E-state index contributed by atoms with van der Waals surface area (Å²) in [6.45, 7) is 0.0456. The molecule has 76 valence electrons. The van der Waals surface area contributed by atoms with Crippen LogP contribution in [0.5, 0.6) is 0 Å². The highest BCUT2D eigenvalue weighted by Crippen LogP contribution is 2.34. The summed E-state index contributed by atoms with van der Waals surface area (Å²) < 4.78 is 36.7. The molecule has 2 N–H and O–H groups in total. The number of halogens is 3. The van der Waals surface area contributed by atoms with Gasteiger partial charge in [0, 0.05) is 6.54 Å². The highest BCUT2D eigenvalue weighted by Gasteiger charge is 2.48. The first-order valence-corrected chi connectivity index (χ1v) is 3.93. The molecule has 0 radical (unpaired) electrons. The number of carboxylic acids is 1. The van der Waals surface area contributed by atoms with Crippen LogP contribution >= 0.6 is 0 Å². The topological polar surface area (TPSA) is 49.3 Å². The lowest BCUT2D eigenvalue weighted by Gasteiger charge is -2.30. The minimum absolute atomic E-state index is 0.0412. The second kappa shape index (κ2) is 3.53. The van der Waals surface area contributed by atoms with E-state index in [4.69, 9.17) is 5.11 Å². The van der Waals surface area contributed by atoms with Crippen LogP contribution in [0.25, 0.3) is 0 Å². The zero-order valence-corrected chi connectivity index (χ0v) is 6.77. The summed E-state index contributed by atoms with van der Waals surface area (Å²) in [4.78, 5) is 10.5. The SMILES string of the molecule is O=C(O)[C@H]1CCNC[C@H]1C(F)(F)F. The smallest absolute Gasteiger partial charge is 0.393 e. The minimum Gasteiger partial charge on any atom is -0.481 e. The second-order valence-electron chi connectivity index (χ2n) is 3.09. The van der Waals surface area contributed by atoms with Crippen LogP contribution in [0, 0.1) is 11.8 Å². The Hall–Kier alpha value is -0.780.